The van der Waals surface area contributed by atoms with Crippen LogP contribution in [0.3, 0.4) is 0 Å². The standard InChI is InChI=1S/C13H17N3O2S2/c1-9-13(10(2)16(3)14-9)20(17,18)15-11-6-5-7-12(8-11)19-4/h5-8,15H,1-4H3. The summed E-state index contributed by atoms with van der Waals surface area (Å²) in [6.07, 6.45) is 1.95. The third-order valence-corrected chi connectivity index (χ3v) is 5.39. The third-order valence-electron chi connectivity index (χ3n) is 3.03. The molecule has 0 amide bonds. The zero-order valence-electron chi connectivity index (χ0n) is 11.8. The molecule has 1 aromatic carbocycles. The van der Waals surface area contributed by atoms with Gasteiger partial charge in [0.25, 0.3) is 10.0 Å². The van der Waals surface area contributed by atoms with E-state index >= 15 is 0 Å². The van der Waals surface area contributed by atoms with Crippen LogP contribution in [-0.2, 0) is 17.1 Å². The first-order valence-corrected chi connectivity index (χ1v) is 8.73. The van der Waals surface area contributed by atoms with Crippen LogP contribution >= 0.6 is 11.8 Å². The van der Waals surface area contributed by atoms with Gasteiger partial charge in [-0.2, -0.15) is 5.10 Å². The minimum Gasteiger partial charge on any atom is -0.279 e. The summed E-state index contributed by atoms with van der Waals surface area (Å²) in [5.41, 5.74) is 1.68. The molecule has 0 aliphatic rings. The molecular weight excluding hydrogens is 294 g/mol. The van der Waals surface area contributed by atoms with Crippen molar-refractivity contribution in [3.8, 4) is 0 Å². The number of sulfonamides is 1. The summed E-state index contributed by atoms with van der Waals surface area (Å²) in [6.45, 7) is 3.44. The normalized spacial score (nSPS) is 11.6. The van der Waals surface area contributed by atoms with Crippen LogP contribution in [0.15, 0.2) is 34.1 Å². The summed E-state index contributed by atoms with van der Waals surface area (Å²) in [4.78, 5) is 1.25. The molecule has 0 radical (unpaired) electrons. The lowest BCUT2D eigenvalue weighted by atomic mass is 10.3. The van der Waals surface area contributed by atoms with Crippen molar-refractivity contribution in [2.45, 2.75) is 23.6 Å². The predicted molar refractivity (Wildman–Crippen MR) is 81.7 cm³/mol. The highest BCUT2D eigenvalue weighted by Crippen LogP contribution is 2.24. The Kier molecular flexibility index (Phi) is 4.10. The fourth-order valence-corrected chi connectivity index (χ4v) is 3.99. The Hall–Kier alpha value is -1.47. The summed E-state index contributed by atoms with van der Waals surface area (Å²) in [5, 5.41) is 4.15. The minimum atomic E-state index is -3.62. The Morgan fingerprint density at radius 2 is 2.00 bits per heavy atom. The van der Waals surface area contributed by atoms with Gasteiger partial charge in [-0.15, -0.1) is 11.8 Å². The Labute approximate surface area is 123 Å². The van der Waals surface area contributed by atoms with E-state index in [0.29, 0.717) is 17.1 Å². The quantitative estimate of drug-likeness (QED) is 0.881. The number of anilines is 1. The van der Waals surface area contributed by atoms with Gasteiger partial charge < -0.3 is 0 Å². The predicted octanol–water partition coefficient (Wildman–Crippen LogP) is 2.56. The molecule has 2 rings (SSSR count). The van der Waals surface area contributed by atoms with Gasteiger partial charge >= 0.3 is 0 Å². The lowest BCUT2D eigenvalue weighted by Crippen LogP contribution is -2.14. The topological polar surface area (TPSA) is 64.0 Å². The first-order valence-electron chi connectivity index (χ1n) is 6.02. The largest absolute Gasteiger partial charge is 0.279 e. The number of benzene rings is 1. The molecular formula is C13H17N3O2S2. The number of hydrogen-bond donors (Lipinski definition) is 1. The molecule has 1 aromatic heterocycles. The van der Waals surface area contributed by atoms with Crippen LogP contribution in [0.4, 0.5) is 5.69 Å². The van der Waals surface area contributed by atoms with Gasteiger partial charge in [-0.3, -0.25) is 9.40 Å². The average Bonchev–Trinajstić information content (AvgIpc) is 2.63. The number of nitrogens with zero attached hydrogens (tertiary/aromatic N) is 2. The molecule has 1 N–H and O–H groups in total. The van der Waals surface area contributed by atoms with Crippen LogP contribution < -0.4 is 4.72 Å². The SMILES string of the molecule is CSc1cccc(NS(=O)(=O)c2c(C)nn(C)c2C)c1. The van der Waals surface area contributed by atoms with Crippen molar-refractivity contribution in [2.75, 3.05) is 11.0 Å². The van der Waals surface area contributed by atoms with Crippen molar-refractivity contribution in [1.82, 2.24) is 9.78 Å². The molecule has 0 aliphatic carbocycles. The maximum atomic E-state index is 12.5. The third kappa shape index (κ3) is 2.83. The van der Waals surface area contributed by atoms with E-state index in [1.54, 1.807) is 43.4 Å². The van der Waals surface area contributed by atoms with Gasteiger partial charge in [0.15, 0.2) is 0 Å². The van der Waals surface area contributed by atoms with Gasteiger partial charge in [-0.05, 0) is 38.3 Å². The second kappa shape index (κ2) is 5.49. The highest BCUT2D eigenvalue weighted by Gasteiger charge is 2.23. The van der Waals surface area contributed by atoms with Crippen molar-refractivity contribution in [1.29, 1.82) is 0 Å². The molecule has 20 heavy (non-hydrogen) atoms. The maximum absolute atomic E-state index is 12.5. The molecule has 0 bridgehead atoms. The van der Waals surface area contributed by atoms with E-state index in [-0.39, 0.29) is 4.90 Å². The van der Waals surface area contributed by atoms with Gasteiger partial charge in [0.1, 0.15) is 4.90 Å². The Morgan fingerprint density at radius 3 is 2.55 bits per heavy atom. The first kappa shape index (κ1) is 14.9. The van der Waals surface area contributed by atoms with Gasteiger partial charge in [0, 0.05) is 17.6 Å². The molecule has 0 atom stereocenters. The zero-order valence-corrected chi connectivity index (χ0v) is 13.5. The highest BCUT2D eigenvalue weighted by atomic mass is 32.2. The maximum Gasteiger partial charge on any atom is 0.265 e. The van der Waals surface area contributed by atoms with Crippen molar-refractivity contribution in [2.24, 2.45) is 7.05 Å². The summed E-state index contributed by atoms with van der Waals surface area (Å²) < 4.78 is 29.2. The summed E-state index contributed by atoms with van der Waals surface area (Å²) in [7, 11) is -1.89. The van der Waals surface area contributed by atoms with Crippen LogP contribution in [0.25, 0.3) is 0 Å². The number of rotatable bonds is 4. The Balaban J connectivity index is 2.40. The van der Waals surface area contributed by atoms with Gasteiger partial charge in [0.2, 0.25) is 0 Å². The van der Waals surface area contributed by atoms with Gasteiger partial charge in [-0.1, -0.05) is 6.07 Å². The number of thioether (sulfide) groups is 1. The van der Waals surface area contributed by atoms with Crippen LogP contribution in [-0.4, -0.2) is 24.5 Å². The number of aromatic nitrogens is 2. The summed E-state index contributed by atoms with van der Waals surface area (Å²) in [5.74, 6) is 0. The smallest absolute Gasteiger partial charge is 0.265 e. The fourth-order valence-electron chi connectivity index (χ4n) is 2.04. The van der Waals surface area contributed by atoms with E-state index in [1.165, 1.54) is 0 Å². The lowest BCUT2D eigenvalue weighted by molar-refractivity contribution is 0.599. The summed E-state index contributed by atoms with van der Waals surface area (Å²) in [6, 6.07) is 7.30. The van der Waals surface area contributed by atoms with Crippen LogP contribution in [0.5, 0.6) is 0 Å². The van der Waals surface area contributed by atoms with Gasteiger partial charge in [-0.25, -0.2) is 8.42 Å². The molecule has 108 valence electrons. The van der Waals surface area contributed by atoms with Crippen LogP contribution in [0.1, 0.15) is 11.4 Å². The Morgan fingerprint density at radius 1 is 1.30 bits per heavy atom. The molecule has 5 nitrogen and oxygen atoms in total. The van der Waals surface area contributed by atoms with E-state index in [9.17, 15) is 8.42 Å². The molecule has 0 spiro atoms. The lowest BCUT2D eigenvalue weighted by Gasteiger charge is -2.09. The fraction of sp³-hybridized carbons (Fsp3) is 0.308. The molecule has 0 aliphatic heterocycles. The second-order valence-electron chi connectivity index (χ2n) is 4.46. The highest BCUT2D eigenvalue weighted by molar-refractivity contribution is 7.98. The van der Waals surface area contributed by atoms with Crippen LogP contribution in [0.2, 0.25) is 0 Å². The number of hydrogen-bond acceptors (Lipinski definition) is 4. The number of aryl methyl sites for hydroxylation is 2. The Bertz CT molecular complexity index is 736. The first-order chi connectivity index (χ1) is 9.35. The average molecular weight is 311 g/mol. The monoisotopic (exact) mass is 311 g/mol. The summed E-state index contributed by atoms with van der Waals surface area (Å²) >= 11 is 1.56. The molecule has 0 saturated heterocycles. The van der Waals surface area contributed by atoms with E-state index < -0.39 is 10.0 Å². The van der Waals surface area contributed by atoms with Gasteiger partial charge in [0.05, 0.1) is 11.4 Å². The van der Waals surface area contributed by atoms with E-state index in [1.807, 2.05) is 24.5 Å². The van der Waals surface area contributed by atoms with Crippen molar-refractivity contribution in [3.63, 3.8) is 0 Å². The van der Waals surface area contributed by atoms with E-state index in [4.69, 9.17) is 0 Å². The molecule has 0 fully saturated rings. The van der Waals surface area contributed by atoms with Crippen molar-refractivity contribution >= 4 is 27.5 Å². The zero-order chi connectivity index (χ0) is 14.9. The molecule has 0 saturated carbocycles. The molecule has 1 heterocycles. The molecule has 2 aromatic rings. The van der Waals surface area contributed by atoms with E-state index in [0.717, 1.165) is 4.90 Å². The van der Waals surface area contributed by atoms with Crippen LogP contribution in [0, 0.1) is 13.8 Å². The van der Waals surface area contributed by atoms with Crippen molar-refractivity contribution in [3.05, 3.63) is 35.7 Å². The van der Waals surface area contributed by atoms with Crippen molar-refractivity contribution < 1.29 is 8.42 Å². The second-order valence-corrected chi connectivity index (χ2v) is 6.96. The minimum absolute atomic E-state index is 0.245. The molecule has 7 heteroatoms. The number of nitrogens with one attached hydrogen (secondary N) is 1. The van der Waals surface area contributed by atoms with E-state index in [2.05, 4.69) is 9.82 Å². The molecule has 0 unspecified atom stereocenters.